The predicted octanol–water partition coefficient (Wildman–Crippen LogP) is 5.54. The molecule has 0 spiro atoms. The summed E-state index contributed by atoms with van der Waals surface area (Å²) < 4.78 is 11.9. The third-order valence-corrected chi connectivity index (χ3v) is 8.29. The molecule has 1 saturated carbocycles. The van der Waals surface area contributed by atoms with Crippen LogP contribution < -0.4 is 4.67 Å². The summed E-state index contributed by atoms with van der Waals surface area (Å²) in [5.41, 5.74) is 1.30. The van der Waals surface area contributed by atoms with Crippen LogP contribution in [0, 0.1) is 0 Å². The summed E-state index contributed by atoms with van der Waals surface area (Å²) in [6, 6.07) is 11.5. The molecular formula is C19H28ClN2OP. The number of alkyl halides is 1. The summed E-state index contributed by atoms with van der Waals surface area (Å²) in [6.07, 6.45) is 10.2. The van der Waals surface area contributed by atoms with Gasteiger partial charge in [-0.05, 0) is 37.8 Å². The lowest BCUT2D eigenvalue weighted by atomic mass is 9.98. The van der Waals surface area contributed by atoms with Crippen LogP contribution in [0.4, 0.5) is 5.69 Å². The van der Waals surface area contributed by atoms with E-state index >= 15 is 0 Å². The van der Waals surface area contributed by atoms with Gasteiger partial charge in [0.15, 0.2) is 0 Å². The quantitative estimate of drug-likeness (QED) is 0.515. The molecule has 1 aliphatic carbocycles. The van der Waals surface area contributed by atoms with Crippen molar-refractivity contribution in [3.63, 3.8) is 0 Å². The van der Waals surface area contributed by atoms with Gasteiger partial charge in [0.05, 0.1) is 11.5 Å². The Bertz CT molecular complexity index is 531. The average Bonchev–Trinajstić information content (AvgIpc) is 3.17. The Kier molecular flexibility index (Phi) is 5.63. The van der Waals surface area contributed by atoms with E-state index in [9.17, 15) is 0 Å². The van der Waals surface area contributed by atoms with Gasteiger partial charge in [-0.25, -0.2) is 4.67 Å². The van der Waals surface area contributed by atoms with Gasteiger partial charge >= 0.3 is 0 Å². The number of halogens is 1. The summed E-state index contributed by atoms with van der Waals surface area (Å²) in [4.78, 5) is 0. The van der Waals surface area contributed by atoms with Gasteiger partial charge in [0.1, 0.15) is 0 Å². The van der Waals surface area contributed by atoms with E-state index in [0.29, 0.717) is 6.04 Å². The molecule has 2 aliphatic heterocycles. The number of hydrogen-bond acceptors (Lipinski definition) is 3. The summed E-state index contributed by atoms with van der Waals surface area (Å²) in [5, 5.41) is 0.173. The second-order valence-electron chi connectivity index (χ2n) is 7.28. The molecule has 24 heavy (non-hydrogen) atoms. The number of anilines is 1. The van der Waals surface area contributed by atoms with E-state index < -0.39 is 8.45 Å². The van der Waals surface area contributed by atoms with Crippen LogP contribution in [0.3, 0.4) is 0 Å². The van der Waals surface area contributed by atoms with Gasteiger partial charge in [-0.15, -0.1) is 11.6 Å². The first kappa shape index (κ1) is 17.1. The molecule has 132 valence electrons. The molecule has 3 nitrogen and oxygen atoms in total. The highest BCUT2D eigenvalue weighted by Gasteiger charge is 2.45. The Hall–Kier alpha value is -0.340. The molecule has 2 saturated heterocycles. The van der Waals surface area contributed by atoms with Crippen LogP contribution in [0.25, 0.3) is 0 Å². The molecule has 0 aromatic heterocycles. The van der Waals surface area contributed by atoms with Crippen LogP contribution >= 0.6 is 20.1 Å². The van der Waals surface area contributed by atoms with Crippen LogP contribution in [0.2, 0.25) is 0 Å². The molecule has 1 unspecified atom stereocenters. The van der Waals surface area contributed by atoms with Crippen molar-refractivity contribution in [1.29, 1.82) is 0 Å². The molecule has 1 aromatic carbocycles. The van der Waals surface area contributed by atoms with Gasteiger partial charge in [-0.3, -0.25) is 0 Å². The Labute approximate surface area is 152 Å². The molecule has 5 heteroatoms. The monoisotopic (exact) mass is 366 g/mol. The lowest BCUT2D eigenvalue weighted by Crippen LogP contribution is -2.29. The molecule has 3 fully saturated rings. The van der Waals surface area contributed by atoms with E-state index in [1.165, 1.54) is 50.8 Å². The minimum absolute atomic E-state index is 0.173. The van der Waals surface area contributed by atoms with Gasteiger partial charge in [0, 0.05) is 24.8 Å². The zero-order chi connectivity index (χ0) is 16.4. The van der Waals surface area contributed by atoms with Gasteiger partial charge < -0.3 is 9.19 Å². The molecule has 2 heterocycles. The summed E-state index contributed by atoms with van der Waals surface area (Å²) in [5.74, 6) is 0. The highest BCUT2D eigenvalue weighted by Crippen LogP contribution is 2.58. The number of fused-ring (bicyclic) bond motifs is 1. The maximum Gasteiger partial charge on any atom is 0.218 e. The maximum atomic E-state index is 6.77. The minimum Gasteiger partial charge on any atom is -0.322 e. The first-order valence-electron chi connectivity index (χ1n) is 9.53. The Morgan fingerprint density at radius 1 is 0.958 bits per heavy atom. The van der Waals surface area contributed by atoms with Crippen LogP contribution in [-0.2, 0) is 4.52 Å². The van der Waals surface area contributed by atoms with Gasteiger partial charge in [-0.1, -0.05) is 43.9 Å². The second kappa shape index (κ2) is 7.91. The van der Waals surface area contributed by atoms with E-state index in [0.717, 1.165) is 19.4 Å². The normalized spacial score (nSPS) is 34.8. The van der Waals surface area contributed by atoms with Crippen molar-refractivity contribution < 1.29 is 4.52 Å². The van der Waals surface area contributed by atoms with E-state index in [1.807, 2.05) is 0 Å². The zero-order valence-corrected chi connectivity index (χ0v) is 16.0. The number of nitrogens with zero attached hydrogens (tertiary/aromatic N) is 2. The molecule has 0 amide bonds. The first-order chi connectivity index (χ1) is 11.8. The van der Waals surface area contributed by atoms with Gasteiger partial charge in [0.2, 0.25) is 8.45 Å². The molecule has 0 N–H and O–H groups in total. The fraction of sp³-hybridized carbons (Fsp3) is 0.684. The number of hydrogen-bond donors (Lipinski definition) is 0. The van der Waals surface area contributed by atoms with E-state index in [4.69, 9.17) is 16.1 Å². The van der Waals surface area contributed by atoms with Crippen molar-refractivity contribution in [2.75, 3.05) is 17.8 Å². The van der Waals surface area contributed by atoms with Crippen molar-refractivity contribution in [2.45, 2.75) is 68.9 Å². The SMILES string of the molecule is Cl[C@@H]1CCCCCC[C@H]1OP1N(c2ccccc2)C[C@@H]2CCCN21. The summed E-state index contributed by atoms with van der Waals surface area (Å²) >= 11 is 6.72. The predicted molar refractivity (Wildman–Crippen MR) is 103 cm³/mol. The standard InChI is InChI=1S/C19H28ClN2OP/c20-18-12-6-1-2-7-13-19(18)23-24-21-14-8-11-17(21)15-22(24)16-9-4-3-5-10-16/h3-5,9-10,17-19H,1-2,6-8,11-15H2/t17-,18+,19+,24?/m0/s1. The first-order valence-corrected chi connectivity index (χ1v) is 11.1. The zero-order valence-electron chi connectivity index (χ0n) is 14.3. The van der Waals surface area contributed by atoms with Crippen molar-refractivity contribution in [3.8, 4) is 0 Å². The lowest BCUT2D eigenvalue weighted by molar-refractivity contribution is 0.177. The Balaban J connectivity index is 1.53. The van der Waals surface area contributed by atoms with Gasteiger partial charge in [0.25, 0.3) is 0 Å². The minimum atomic E-state index is -0.713. The van der Waals surface area contributed by atoms with Crippen LogP contribution in [0.1, 0.15) is 51.4 Å². The number of para-hydroxylation sites is 1. The highest BCUT2D eigenvalue weighted by molar-refractivity contribution is 7.52. The van der Waals surface area contributed by atoms with E-state index in [2.05, 4.69) is 39.7 Å². The van der Waals surface area contributed by atoms with Crippen LogP contribution in [0.5, 0.6) is 0 Å². The highest BCUT2D eigenvalue weighted by atomic mass is 35.5. The number of rotatable bonds is 3. The van der Waals surface area contributed by atoms with Crippen molar-refractivity contribution >= 4 is 25.7 Å². The lowest BCUT2D eigenvalue weighted by Gasteiger charge is -2.34. The van der Waals surface area contributed by atoms with Crippen molar-refractivity contribution in [2.24, 2.45) is 0 Å². The van der Waals surface area contributed by atoms with Crippen LogP contribution in [-0.4, -0.2) is 35.3 Å². The van der Waals surface area contributed by atoms with Crippen LogP contribution in [0.15, 0.2) is 30.3 Å². The fourth-order valence-electron chi connectivity index (χ4n) is 4.21. The Morgan fingerprint density at radius 2 is 1.75 bits per heavy atom. The van der Waals surface area contributed by atoms with Crippen molar-refractivity contribution in [3.05, 3.63) is 30.3 Å². The molecule has 3 aliphatic rings. The van der Waals surface area contributed by atoms with E-state index in [1.54, 1.807) is 0 Å². The molecule has 4 atom stereocenters. The number of benzene rings is 1. The Morgan fingerprint density at radius 3 is 2.58 bits per heavy atom. The third-order valence-electron chi connectivity index (χ3n) is 5.56. The summed E-state index contributed by atoms with van der Waals surface area (Å²) in [7, 11) is -0.713. The average molecular weight is 367 g/mol. The topological polar surface area (TPSA) is 15.7 Å². The molecular weight excluding hydrogens is 339 g/mol. The van der Waals surface area contributed by atoms with E-state index in [-0.39, 0.29) is 11.5 Å². The fourth-order valence-corrected chi connectivity index (χ4v) is 7.06. The second-order valence-corrected chi connectivity index (χ2v) is 9.55. The molecule has 0 radical (unpaired) electrons. The van der Waals surface area contributed by atoms with Crippen molar-refractivity contribution in [1.82, 2.24) is 4.67 Å². The smallest absolute Gasteiger partial charge is 0.218 e. The largest absolute Gasteiger partial charge is 0.322 e. The maximum absolute atomic E-state index is 6.77. The third kappa shape index (κ3) is 3.60. The molecule has 4 rings (SSSR count). The summed E-state index contributed by atoms with van der Waals surface area (Å²) in [6.45, 7) is 2.29. The molecule has 1 aromatic rings. The van der Waals surface area contributed by atoms with Gasteiger partial charge in [-0.2, -0.15) is 0 Å². The molecule has 0 bridgehead atoms.